The molecule has 0 aliphatic heterocycles. The second kappa shape index (κ2) is 50.9. The van der Waals surface area contributed by atoms with Gasteiger partial charge in [0.1, 0.15) is 6.61 Å². The largest absolute Gasteiger partial charge is 0.472 e. The Labute approximate surface area is 399 Å². The average molecular weight is 932 g/mol. The third-order valence-electron chi connectivity index (χ3n) is 11.1. The van der Waals surface area contributed by atoms with E-state index in [0.29, 0.717) is 6.42 Å². The molecule has 0 amide bonds. The molecule has 9 nitrogen and oxygen atoms in total. The quantitative estimate of drug-likeness (QED) is 0.0265. The van der Waals surface area contributed by atoms with Crippen LogP contribution in [0.25, 0.3) is 0 Å². The fraction of sp³-hybridized carbons (Fsp3) is 0.745. The van der Waals surface area contributed by atoms with Crippen LogP contribution in [0.1, 0.15) is 232 Å². The van der Waals surface area contributed by atoms with Crippen LogP contribution in [0, 0.1) is 0 Å². The number of allylic oxidation sites excluding steroid dienone is 12. The van der Waals surface area contributed by atoms with Crippen molar-refractivity contribution in [1.29, 1.82) is 0 Å². The summed E-state index contributed by atoms with van der Waals surface area (Å²) < 4.78 is 32.6. The van der Waals surface area contributed by atoms with Gasteiger partial charge in [-0.15, -0.1) is 0 Å². The number of unbranched alkanes of at least 4 members (excludes halogenated alkanes) is 24. The van der Waals surface area contributed by atoms with Crippen molar-refractivity contribution < 1.29 is 37.6 Å². The lowest BCUT2D eigenvalue weighted by Gasteiger charge is -2.19. The lowest BCUT2D eigenvalue weighted by molar-refractivity contribution is -0.161. The Morgan fingerprint density at radius 1 is 0.477 bits per heavy atom. The summed E-state index contributed by atoms with van der Waals surface area (Å²) in [4.78, 5) is 34.6. The van der Waals surface area contributed by atoms with Crippen LogP contribution in [0.2, 0.25) is 0 Å². The van der Waals surface area contributed by atoms with Crippen LogP contribution in [0.15, 0.2) is 72.9 Å². The first-order chi connectivity index (χ1) is 31.8. The summed E-state index contributed by atoms with van der Waals surface area (Å²) in [5.41, 5.74) is 5.33. The van der Waals surface area contributed by atoms with Crippen LogP contribution in [-0.4, -0.2) is 49.3 Å². The van der Waals surface area contributed by atoms with Crippen molar-refractivity contribution >= 4 is 19.8 Å². The summed E-state index contributed by atoms with van der Waals surface area (Å²) >= 11 is 0. The molecule has 0 aliphatic rings. The predicted octanol–water partition coefficient (Wildman–Crippen LogP) is 16.2. The molecule has 2 unspecified atom stereocenters. The van der Waals surface area contributed by atoms with Crippen molar-refractivity contribution in [2.45, 2.75) is 238 Å². The van der Waals surface area contributed by atoms with Gasteiger partial charge in [0.15, 0.2) is 6.10 Å². The predicted molar refractivity (Wildman–Crippen MR) is 275 cm³/mol. The zero-order valence-corrected chi connectivity index (χ0v) is 42.6. The summed E-state index contributed by atoms with van der Waals surface area (Å²) in [6.45, 7) is 3.53. The standard InChI is InChI=1S/C55H98NO8P/c1-3-5-7-9-10-11-12-13-14-15-16-17-18-19-20-21-22-23-24-25-26-27-28-29-30-31-32-33-34-35-36-37-38-39-40-41-42-44-46-48-55(58)64-53(52-63-65(59,60)62-50-49-56)51-61-54(57)47-45-43-8-6-4-2/h5,7,10-11,13-14,16-17,19-20,22-23,53H,3-4,6,8-9,12,15,18,21,24-52,56H2,1-2H3,(H,59,60)/b7-5-,11-10-,14-13-,17-16-,20-19-,23-22-. The van der Waals surface area contributed by atoms with E-state index in [9.17, 15) is 19.0 Å². The van der Waals surface area contributed by atoms with Crippen molar-refractivity contribution in [3.05, 3.63) is 72.9 Å². The van der Waals surface area contributed by atoms with Gasteiger partial charge in [0.25, 0.3) is 0 Å². The van der Waals surface area contributed by atoms with Crippen molar-refractivity contribution in [2.75, 3.05) is 26.4 Å². The van der Waals surface area contributed by atoms with E-state index in [2.05, 4.69) is 86.8 Å². The summed E-state index contributed by atoms with van der Waals surface area (Å²) in [6, 6.07) is 0. The number of hydrogen-bond donors (Lipinski definition) is 2. The number of ether oxygens (including phenoxy) is 2. The molecule has 0 aromatic heterocycles. The highest BCUT2D eigenvalue weighted by Gasteiger charge is 2.26. The molecule has 0 aromatic rings. The molecular weight excluding hydrogens is 834 g/mol. The maximum Gasteiger partial charge on any atom is 0.472 e. The maximum atomic E-state index is 12.6. The van der Waals surface area contributed by atoms with E-state index < -0.39 is 32.5 Å². The van der Waals surface area contributed by atoms with Gasteiger partial charge in [-0.05, 0) is 64.2 Å². The van der Waals surface area contributed by atoms with Gasteiger partial charge in [-0.2, -0.15) is 0 Å². The van der Waals surface area contributed by atoms with Gasteiger partial charge in [0.2, 0.25) is 0 Å². The molecule has 0 fully saturated rings. The first-order valence-electron chi connectivity index (χ1n) is 26.4. The zero-order valence-electron chi connectivity index (χ0n) is 41.7. The summed E-state index contributed by atoms with van der Waals surface area (Å²) in [6.07, 6.45) is 64.6. The van der Waals surface area contributed by atoms with Gasteiger partial charge in [0, 0.05) is 19.4 Å². The second-order valence-electron chi connectivity index (χ2n) is 17.4. The Morgan fingerprint density at radius 2 is 0.846 bits per heavy atom. The minimum atomic E-state index is -4.37. The minimum absolute atomic E-state index is 0.0536. The van der Waals surface area contributed by atoms with Crippen LogP contribution >= 0.6 is 7.82 Å². The number of carbonyl (C=O) groups excluding carboxylic acids is 2. The van der Waals surface area contributed by atoms with E-state index in [1.807, 2.05) is 0 Å². The molecule has 0 bridgehead atoms. The molecule has 10 heteroatoms. The highest BCUT2D eigenvalue weighted by atomic mass is 31.2. The molecule has 0 saturated carbocycles. The smallest absolute Gasteiger partial charge is 0.462 e. The van der Waals surface area contributed by atoms with E-state index >= 15 is 0 Å². The maximum absolute atomic E-state index is 12.6. The highest BCUT2D eigenvalue weighted by Crippen LogP contribution is 2.43. The molecule has 3 N–H and O–H groups in total. The number of phosphoric acid groups is 1. The SMILES string of the molecule is CC/C=C\C/C=C\C/C=C\C/C=C\C/C=C\C/C=C\CCCCCCCCCCCCCCCCCCCCCCC(=O)OC(COC(=O)CCCCCCC)COP(=O)(O)OCCN. The third kappa shape index (κ3) is 50.7. The Hall–Kier alpha value is -2.55. The molecule has 0 aromatic carbocycles. The van der Waals surface area contributed by atoms with Gasteiger partial charge in [-0.25, -0.2) is 4.57 Å². The topological polar surface area (TPSA) is 134 Å². The monoisotopic (exact) mass is 932 g/mol. The number of phosphoric ester groups is 1. The zero-order chi connectivity index (χ0) is 47.4. The fourth-order valence-electron chi connectivity index (χ4n) is 7.23. The molecule has 0 aliphatic carbocycles. The second-order valence-corrected chi connectivity index (χ2v) is 18.8. The van der Waals surface area contributed by atoms with Gasteiger partial charge in [-0.3, -0.25) is 18.6 Å². The van der Waals surface area contributed by atoms with Gasteiger partial charge >= 0.3 is 19.8 Å². The normalized spacial score (nSPS) is 13.7. The van der Waals surface area contributed by atoms with E-state index in [4.69, 9.17) is 24.3 Å². The third-order valence-corrected chi connectivity index (χ3v) is 12.1. The number of nitrogens with two attached hydrogens (primary N) is 1. The van der Waals surface area contributed by atoms with E-state index in [0.717, 1.165) is 83.5 Å². The van der Waals surface area contributed by atoms with E-state index in [-0.39, 0.29) is 32.6 Å². The van der Waals surface area contributed by atoms with Gasteiger partial charge in [0.05, 0.1) is 13.2 Å². The van der Waals surface area contributed by atoms with Crippen molar-refractivity contribution in [2.24, 2.45) is 5.73 Å². The van der Waals surface area contributed by atoms with Crippen molar-refractivity contribution in [3.63, 3.8) is 0 Å². The highest BCUT2D eigenvalue weighted by molar-refractivity contribution is 7.47. The molecule has 376 valence electrons. The molecule has 0 radical (unpaired) electrons. The number of esters is 2. The van der Waals surface area contributed by atoms with Crippen LogP contribution in [0.3, 0.4) is 0 Å². The minimum Gasteiger partial charge on any atom is -0.462 e. The lowest BCUT2D eigenvalue weighted by atomic mass is 10.0. The molecule has 0 rings (SSSR count). The summed E-state index contributed by atoms with van der Waals surface area (Å²) in [5.74, 6) is -0.837. The Balaban J connectivity index is 3.68. The van der Waals surface area contributed by atoms with Gasteiger partial charge < -0.3 is 20.1 Å². The van der Waals surface area contributed by atoms with Crippen LogP contribution in [0.5, 0.6) is 0 Å². The number of hydrogen-bond acceptors (Lipinski definition) is 8. The number of carbonyl (C=O) groups is 2. The molecule has 0 saturated heterocycles. The Bertz CT molecular complexity index is 1290. The number of rotatable bonds is 49. The van der Waals surface area contributed by atoms with Crippen molar-refractivity contribution in [3.8, 4) is 0 Å². The first kappa shape index (κ1) is 62.4. The molecular formula is C55H98NO8P. The van der Waals surface area contributed by atoms with Crippen LogP contribution in [-0.2, 0) is 32.7 Å². The first-order valence-corrected chi connectivity index (χ1v) is 27.9. The van der Waals surface area contributed by atoms with Crippen molar-refractivity contribution in [1.82, 2.24) is 0 Å². The van der Waals surface area contributed by atoms with Crippen LogP contribution in [0.4, 0.5) is 0 Å². The van der Waals surface area contributed by atoms with E-state index in [1.54, 1.807) is 0 Å². The molecule has 2 atom stereocenters. The molecule has 0 spiro atoms. The van der Waals surface area contributed by atoms with Crippen LogP contribution < -0.4 is 5.73 Å². The van der Waals surface area contributed by atoms with E-state index in [1.165, 1.54) is 116 Å². The fourth-order valence-corrected chi connectivity index (χ4v) is 7.99. The Kier molecular flexibility index (Phi) is 48.9. The lowest BCUT2D eigenvalue weighted by Crippen LogP contribution is -2.29. The average Bonchev–Trinajstić information content (AvgIpc) is 3.30. The Morgan fingerprint density at radius 3 is 1.26 bits per heavy atom. The molecule has 65 heavy (non-hydrogen) atoms. The van der Waals surface area contributed by atoms with Gasteiger partial charge in [-0.1, -0.05) is 228 Å². The summed E-state index contributed by atoms with van der Waals surface area (Å²) in [7, 11) is -4.37. The molecule has 0 heterocycles. The summed E-state index contributed by atoms with van der Waals surface area (Å²) in [5, 5.41) is 0.